The van der Waals surface area contributed by atoms with Crippen LogP contribution in [0.2, 0.25) is 4.34 Å². The number of amides is 1. The van der Waals surface area contributed by atoms with E-state index in [1.165, 1.54) is 25.6 Å². The van der Waals surface area contributed by atoms with Gasteiger partial charge in [-0.15, -0.1) is 21.5 Å². The van der Waals surface area contributed by atoms with E-state index in [0.717, 1.165) is 58.7 Å². The summed E-state index contributed by atoms with van der Waals surface area (Å²) in [5.41, 5.74) is 1.50. The molecular weight excluding hydrogens is 458 g/mol. The van der Waals surface area contributed by atoms with Crippen molar-refractivity contribution >= 4 is 44.6 Å². The van der Waals surface area contributed by atoms with Crippen LogP contribution in [0.5, 0.6) is 0 Å². The normalized spacial score (nSPS) is 14.3. The molecule has 8 nitrogen and oxygen atoms in total. The quantitative estimate of drug-likeness (QED) is 0.582. The van der Waals surface area contributed by atoms with E-state index in [0.29, 0.717) is 10.0 Å². The number of aromatic nitrogens is 3. The van der Waals surface area contributed by atoms with Gasteiger partial charge in [0.2, 0.25) is 5.91 Å². The van der Waals surface area contributed by atoms with Crippen LogP contribution in [-0.2, 0) is 27.8 Å². The van der Waals surface area contributed by atoms with Gasteiger partial charge in [0.15, 0.2) is 5.82 Å². The monoisotopic (exact) mass is 479 g/mol. The summed E-state index contributed by atoms with van der Waals surface area (Å²) in [5.74, 6) is 1.41. The van der Waals surface area contributed by atoms with Gasteiger partial charge in [0.1, 0.15) is 10.0 Å². The van der Waals surface area contributed by atoms with Crippen LogP contribution in [0, 0.1) is 0 Å². The minimum Gasteiger partial charge on any atom is -0.325 e. The van der Waals surface area contributed by atoms with Crippen LogP contribution >= 0.6 is 22.9 Å². The molecule has 0 aliphatic carbocycles. The Bertz CT molecular complexity index is 1190. The van der Waals surface area contributed by atoms with Crippen molar-refractivity contribution in [2.45, 2.75) is 36.4 Å². The number of anilines is 1. The molecule has 1 N–H and O–H groups in total. The number of halogens is 1. The summed E-state index contributed by atoms with van der Waals surface area (Å²) in [6, 6.07) is 10.3. The molecule has 0 saturated carbocycles. The first-order valence-electron chi connectivity index (χ1n) is 9.88. The van der Waals surface area contributed by atoms with E-state index in [4.69, 9.17) is 11.6 Å². The molecule has 0 saturated heterocycles. The van der Waals surface area contributed by atoms with E-state index in [1.54, 1.807) is 12.1 Å². The Balaban J connectivity index is 1.41. The second kappa shape index (κ2) is 9.07. The smallest absolute Gasteiger partial charge is 0.252 e. The highest BCUT2D eigenvalue weighted by molar-refractivity contribution is 7.91. The Morgan fingerprint density at radius 2 is 1.94 bits per heavy atom. The van der Waals surface area contributed by atoms with E-state index < -0.39 is 15.9 Å². The first-order valence-corrected chi connectivity index (χ1v) is 12.5. The maximum absolute atomic E-state index is 12.5. The Labute approximate surface area is 189 Å². The molecule has 0 unspecified atom stereocenters. The van der Waals surface area contributed by atoms with Crippen LogP contribution in [0.3, 0.4) is 0 Å². The maximum Gasteiger partial charge on any atom is 0.252 e. The number of rotatable bonds is 6. The number of nitrogens with one attached hydrogen (secondary N) is 1. The summed E-state index contributed by atoms with van der Waals surface area (Å²) in [6.45, 7) is 0.601. The van der Waals surface area contributed by atoms with Gasteiger partial charge in [0.25, 0.3) is 10.0 Å². The molecule has 3 heterocycles. The van der Waals surface area contributed by atoms with Gasteiger partial charge in [-0.05, 0) is 49.2 Å². The highest BCUT2D eigenvalue weighted by atomic mass is 35.5. The molecule has 0 atom stereocenters. The highest BCUT2D eigenvalue weighted by Crippen LogP contribution is 2.28. The second-order valence-electron chi connectivity index (χ2n) is 7.35. The topological polar surface area (TPSA) is 97.2 Å². The van der Waals surface area contributed by atoms with Crippen LogP contribution in [0.15, 0.2) is 40.6 Å². The predicted octanol–water partition coefficient (Wildman–Crippen LogP) is 3.65. The number of carbonyl (C=O) groups excluding carboxylic acids is 1. The van der Waals surface area contributed by atoms with Crippen molar-refractivity contribution in [1.29, 1.82) is 0 Å². The third kappa shape index (κ3) is 4.82. The van der Waals surface area contributed by atoms with E-state index in [2.05, 4.69) is 20.1 Å². The number of hydrogen-bond acceptors (Lipinski definition) is 6. The minimum atomic E-state index is -3.77. The van der Waals surface area contributed by atoms with Crippen molar-refractivity contribution in [2.24, 2.45) is 0 Å². The summed E-state index contributed by atoms with van der Waals surface area (Å²) in [6.07, 6.45) is 4.37. The lowest BCUT2D eigenvalue weighted by Crippen LogP contribution is -2.34. The van der Waals surface area contributed by atoms with Crippen molar-refractivity contribution in [1.82, 2.24) is 19.1 Å². The fourth-order valence-electron chi connectivity index (χ4n) is 3.48. The van der Waals surface area contributed by atoms with Gasteiger partial charge in [-0.25, -0.2) is 8.42 Å². The van der Waals surface area contributed by atoms with Crippen LogP contribution in [0.4, 0.5) is 5.69 Å². The number of aryl methyl sites for hydroxylation is 1. The zero-order valence-electron chi connectivity index (χ0n) is 16.9. The third-order valence-corrected chi connectivity index (χ3v) is 8.62. The largest absolute Gasteiger partial charge is 0.325 e. The molecule has 2 aromatic heterocycles. The molecule has 1 aliphatic heterocycles. The van der Waals surface area contributed by atoms with Crippen molar-refractivity contribution in [3.8, 4) is 11.4 Å². The number of carbonyl (C=O) groups is 1. The minimum absolute atomic E-state index is 0.101. The summed E-state index contributed by atoms with van der Waals surface area (Å²) in [5, 5.41) is 11.4. The molecule has 0 fully saturated rings. The fraction of sp³-hybridized carbons (Fsp3) is 0.350. The summed E-state index contributed by atoms with van der Waals surface area (Å²) < 4.78 is 28.7. The lowest BCUT2D eigenvalue weighted by Gasteiger charge is -2.15. The molecule has 31 heavy (non-hydrogen) atoms. The van der Waals surface area contributed by atoms with Crippen molar-refractivity contribution in [2.75, 3.05) is 18.9 Å². The number of nitrogens with zero attached hydrogens (tertiary/aromatic N) is 4. The van der Waals surface area contributed by atoms with Crippen molar-refractivity contribution in [3.05, 3.63) is 46.6 Å². The van der Waals surface area contributed by atoms with Gasteiger partial charge in [0, 0.05) is 31.3 Å². The van der Waals surface area contributed by atoms with Crippen molar-refractivity contribution < 1.29 is 13.2 Å². The van der Waals surface area contributed by atoms with Crippen molar-refractivity contribution in [3.63, 3.8) is 0 Å². The van der Waals surface area contributed by atoms with E-state index in [1.807, 2.05) is 12.1 Å². The maximum atomic E-state index is 12.5. The number of hydrogen-bond donors (Lipinski definition) is 1. The van der Waals surface area contributed by atoms with Gasteiger partial charge in [-0.3, -0.25) is 4.79 Å². The molecule has 3 aromatic rings. The zero-order chi connectivity index (χ0) is 22.0. The molecule has 164 valence electrons. The third-order valence-electron chi connectivity index (χ3n) is 5.12. The number of sulfonamides is 1. The second-order valence-corrected chi connectivity index (χ2v) is 11.3. The van der Waals surface area contributed by atoms with E-state index in [-0.39, 0.29) is 10.8 Å². The molecule has 0 radical (unpaired) electrons. The molecule has 0 bridgehead atoms. The molecule has 0 spiro atoms. The van der Waals surface area contributed by atoms with Gasteiger partial charge >= 0.3 is 0 Å². The number of thiophene rings is 1. The fourth-order valence-corrected chi connectivity index (χ4v) is 6.30. The average Bonchev–Trinajstić information content (AvgIpc) is 3.28. The molecule has 1 aromatic carbocycles. The van der Waals surface area contributed by atoms with Gasteiger partial charge in [-0.2, -0.15) is 4.31 Å². The lowest BCUT2D eigenvalue weighted by atomic mass is 10.2. The van der Waals surface area contributed by atoms with Gasteiger partial charge in [0.05, 0.1) is 10.9 Å². The highest BCUT2D eigenvalue weighted by Gasteiger charge is 2.25. The van der Waals surface area contributed by atoms with Crippen LogP contribution in [0.25, 0.3) is 11.4 Å². The SMILES string of the molecule is CN(CC(=O)Nc1ccc(-c2nnc3n2CCCCC3)cc1)S(=O)(=O)c1ccc(Cl)s1. The standard InChI is InChI=1S/C20H22ClN5O3S2/c1-25(31(28,29)19-11-10-16(21)30-19)13-18(27)22-15-8-6-14(7-9-15)20-24-23-17-5-3-2-4-12-26(17)20/h6-11H,2-5,12-13H2,1H3,(H,22,27). The predicted molar refractivity (Wildman–Crippen MR) is 121 cm³/mol. The van der Waals surface area contributed by atoms with Crippen LogP contribution in [0.1, 0.15) is 25.1 Å². The summed E-state index contributed by atoms with van der Waals surface area (Å²) in [7, 11) is -2.40. The molecular formula is C20H22ClN5O3S2. The van der Waals surface area contributed by atoms with Gasteiger partial charge < -0.3 is 9.88 Å². The number of likely N-dealkylation sites (N-methyl/N-ethyl adjacent to an activating group) is 1. The number of fused-ring (bicyclic) bond motifs is 1. The van der Waals surface area contributed by atoms with E-state index >= 15 is 0 Å². The first kappa shape index (κ1) is 21.9. The first-order chi connectivity index (χ1) is 14.8. The summed E-state index contributed by atoms with van der Waals surface area (Å²) >= 11 is 6.78. The number of benzene rings is 1. The molecule has 4 rings (SSSR count). The van der Waals surface area contributed by atoms with Crippen LogP contribution < -0.4 is 5.32 Å². The molecule has 1 amide bonds. The van der Waals surface area contributed by atoms with E-state index in [9.17, 15) is 13.2 Å². The lowest BCUT2D eigenvalue weighted by molar-refractivity contribution is -0.116. The van der Waals surface area contributed by atoms with Crippen LogP contribution in [-0.4, -0.2) is 47.0 Å². The average molecular weight is 480 g/mol. The Morgan fingerprint density at radius 3 is 2.65 bits per heavy atom. The summed E-state index contributed by atoms with van der Waals surface area (Å²) in [4.78, 5) is 12.4. The Morgan fingerprint density at radius 1 is 1.16 bits per heavy atom. The zero-order valence-corrected chi connectivity index (χ0v) is 19.3. The Kier molecular flexibility index (Phi) is 6.42. The van der Waals surface area contributed by atoms with Gasteiger partial charge in [-0.1, -0.05) is 18.0 Å². The molecule has 11 heteroatoms. The molecule has 1 aliphatic rings. The Hall–Kier alpha value is -2.27.